The molecule has 0 aliphatic heterocycles. The van der Waals surface area contributed by atoms with Gasteiger partial charge in [-0.25, -0.2) is 13.1 Å². The van der Waals surface area contributed by atoms with E-state index in [0.29, 0.717) is 18.7 Å². The van der Waals surface area contributed by atoms with Crippen LogP contribution in [0.3, 0.4) is 0 Å². The molecule has 0 saturated heterocycles. The van der Waals surface area contributed by atoms with Crippen LogP contribution in [0.1, 0.15) is 5.56 Å². The molecule has 8 heteroatoms. The predicted octanol–water partition coefficient (Wildman–Crippen LogP) is 1.99. The van der Waals surface area contributed by atoms with Crippen molar-refractivity contribution in [3.05, 3.63) is 59.1 Å². The molecule has 1 amide bonds. The zero-order valence-corrected chi connectivity index (χ0v) is 15.2. The highest BCUT2D eigenvalue weighted by Crippen LogP contribution is 2.26. The maximum absolute atomic E-state index is 12.2. The van der Waals surface area contributed by atoms with E-state index in [-0.39, 0.29) is 16.5 Å². The van der Waals surface area contributed by atoms with Crippen molar-refractivity contribution in [1.82, 2.24) is 10.0 Å². The van der Waals surface area contributed by atoms with Crippen molar-refractivity contribution >= 4 is 27.5 Å². The second-order valence-electron chi connectivity index (χ2n) is 5.21. The lowest BCUT2D eigenvalue weighted by Crippen LogP contribution is -2.37. The lowest BCUT2D eigenvalue weighted by atomic mass is 10.1. The monoisotopic (exact) mass is 382 g/mol. The zero-order chi connectivity index (χ0) is 18.3. The van der Waals surface area contributed by atoms with Gasteiger partial charge in [0.15, 0.2) is 0 Å². The molecule has 0 radical (unpaired) electrons. The van der Waals surface area contributed by atoms with Gasteiger partial charge >= 0.3 is 0 Å². The molecule has 0 atom stereocenters. The summed E-state index contributed by atoms with van der Waals surface area (Å²) in [7, 11) is -2.39. The Hall–Kier alpha value is -2.09. The van der Waals surface area contributed by atoms with Crippen LogP contribution in [-0.4, -0.2) is 34.5 Å². The molecule has 2 aromatic rings. The van der Waals surface area contributed by atoms with E-state index in [4.69, 9.17) is 16.3 Å². The van der Waals surface area contributed by atoms with Crippen LogP contribution in [0.5, 0.6) is 5.75 Å². The summed E-state index contributed by atoms with van der Waals surface area (Å²) in [5, 5.41) is 2.85. The quantitative estimate of drug-likeness (QED) is 0.731. The highest BCUT2D eigenvalue weighted by Gasteiger charge is 2.17. The van der Waals surface area contributed by atoms with Gasteiger partial charge in [-0.3, -0.25) is 4.79 Å². The van der Waals surface area contributed by atoms with Crippen LogP contribution in [0, 0.1) is 0 Å². The van der Waals surface area contributed by atoms with Gasteiger partial charge in [0, 0.05) is 6.54 Å². The Morgan fingerprint density at radius 2 is 1.88 bits per heavy atom. The molecule has 0 aliphatic rings. The van der Waals surface area contributed by atoms with Crippen LogP contribution < -0.4 is 14.8 Å². The van der Waals surface area contributed by atoms with Crippen LogP contribution in [0.15, 0.2) is 53.4 Å². The molecule has 0 heterocycles. The van der Waals surface area contributed by atoms with Crippen LogP contribution in [0.4, 0.5) is 0 Å². The normalized spacial score (nSPS) is 11.1. The van der Waals surface area contributed by atoms with Crippen LogP contribution >= 0.6 is 11.6 Å². The molecule has 2 N–H and O–H groups in total. The van der Waals surface area contributed by atoms with Gasteiger partial charge in [-0.1, -0.05) is 41.9 Å². The Morgan fingerprint density at radius 3 is 2.52 bits per heavy atom. The molecular weight excluding hydrogens is 364 g/mol. The van der Waals surface area contributed by atoms with E-state index in [1.54, 1.807) is 0 Å². The number of hydrogen-bond donors (Lipinski definition) is 2. The number of carbonyl (C=O) groups is 1. The molecular formula is C17H19ClN2O4S. The minimum atomic E-state index is -3.83. The molecule has 0 aliphatic carbocycles. The molecule has 0 spiro atoms. The van der Waals surface area contributed by atoms with Gasteiger partial charge in [0.05, 0.1) is 23.6 Å². The number of benzene rings is 2. The van der Waals surface area contributed by atoms with Crippen molar-refractivity contribution in [3.63, 3.8) is 0 Å². The van der Waals surface area contributed by atoms with Gasteiger partial charge < -0.3 is 10.1 Å². The standard InChI is InChI=1S/C17H19ClN2O4S/c1-24-16-8-7-14(11-15(16)18)25(22,23)20-12-17(21)19-10-9-13-5-3-2-4-6-13/h2-8,11,20H,9-10,12H2,1H3,(H,19,21). The number of ether oxygens (including phenoxy) is 1. The summed E-state index contributed by atoms with van der Waals surface area (Å²) in [4.78, 5) is 11.8. The topological polar surface area (TPSA) is 84.5 Å². The van der Waals surface area contributed by atoms with E-state index < -0.39 is 15.9 Å². The molecule has 0 bridgehead atoms. The van der Waals surface area contributed by atoms with Gasteiger partial charge in [-0.05, 0) is 30.2 Å². The van der Waals surface area contributed by atoms with Crippen LogP contribution in [0.25, 0.3) is 0 Å². The maximum atomic E-state index is 12.2. The van der Waals surface area contributed by atoms with Crippen molar-refractivity contribution in [2.45, 2.75) is 11.3 Å². The summed E-state index contributed by atoms with van der Waals surface area (Å²) in [5.41, 5.74) is 1.09. The van der Waals surface area contributed by atoms with E-state index in [1.807, 2.05) is 30.3 Å². The van der Waals surface area contributed by atoms with Crippen molar-refractivity contribution in [1.29, 1.82) is 0 Å². The SMILES string of the molecule is COc1ccc(S(=O)(=O)NCC(=O)NCCc2ccccc2)cc1Cl. The Kier molecular flexibility index (Phi) is 6.81. The van der Waals surface area contributed by atoms with Crippen LogP contribution in [0.2, 0.25) is 5.02 Å². The van der Waals surface area contributed by atoms with Crippen molar-refractivity contribution < 1.29 is 17.9 Å². The third kappa shape index (κ3) is 5.74. The van der Waals surface area contributed by atoms with Crippen molar-refractivity contribution in [2.24, 2.45) is 0 Å². The van der Waals surface area contributed by atoms with E-state index >= 15 is 0 Å². The number of amides is 1. The van der Waals surface area contributed by atoms with E-state index in [0.717, 1.165) is 5.56 Å². The number of carbonyl (C=O) groups excluding carboxylic acids is 1. The smallest absolute Gasteiger partial charge is 0.241 e. The van der Waals surface area contributed by atoms with Crippen molar-refractivity contribution in [2.75, 3.05) is 20.2 Å². The largest absolute Gasteiger partial charge is 0.495 e. The fraction of sp³-hybridized carbons (Fsp3) is 0.235. The molecule has 134 valence electrons. The molecule has 0 unspecified atom stereocenters. The first-order chi connectivity index (χ1) is 11.9. The van der Waals surface area contributed by atoms with Gasteiger partial charge in [-0.2, -0.15) is 0 Å². The minimum Gasteiger partial charge on any atom is -0.495 e. The minimum absolute atomic E-state index is 0.0321. The second-order valence-corrected chi connectivity index (χ2v) is 7.38. The number of rotatable bonds is 8. The van der Waals surface area contributed by atoms with E-state index in [1.165, 1.54) is 25.3 Å². The van der Waals surface area contributed by atoms with E-state index in [2.05, 4.69) is 10.0 Å². The van der Waals surface area contributed by atoms with Gasteiger partial charge in [0.1, 0.15) is 5.75 Å². The number of nitrogens with one attached hydrogen (secondary N) is 2. The Balaban J connectivity index is 1.84. The number of hydrogen-bond acceptors (Lipinski definition) is 4. The Bertz CT molecular complexity index is 826. The first-order valence-electron chi connectivity index (χ1n) is 7.56. The molecule has 2 rings (SSSR count). The number of halogens is 1. The molecule has 6 nitrogen and oxygen atoms in total. The third-order valence-electron chi connectivity index (χ3n) is 3.43. The average Bonchev–Trinajstić information content (AvgIpc) is 2.61. The fourth-order valence-corrected chi connectivity index (χ4v) is 3.44. The first-order valence-corrected chi connectivity index (χ1v) is 9.42. The first kappa shape index (κ1) is 19.2. The predicted molar refractivity (Wildman–Crippen MR) is 96.3 cm³/mol. The zero-order valence-electron chi connectivity index (χ0n) is 13.7. The number of methoxy groups -OCH3 is 1. The summed E-state index contributed by atoms with van der Waals surface area (Å²) in [6.45, 7) is 0.0830. The maximum Gasteiger partial charge on any atom is 0.241 e. The summed E-state index contributed by atoms with van der Waals surface area (Å²) >= 11 is 5.93. The molecule has 2 aromatic carbocycles. The van der Waals surface area contributed by atoms with Gasteiger partial charge in [0.2, 0.25) is 15.9 Å². The third-order valence-corrected chi connectivity index (χ3v) is 5.13. The molecule has 0 aromatic heterocycles. The second kappa shape index (κ2) is 8.84. The Labute approximate surface area is 152 Å². The highest BCUT2D eigenvalue weighted by atomic mass is 35.5. The molecule has 0 saturated carbocycles. The van der Waals surface area contributed by atoms with Gasteiger partial charge in [-0.15, -0.1) is 0 Å². The average molecular weight is 383 g/mol. The lowest BCUT2D eigenvalue weighted by molar-refractivity contribution is -0.119. The summed E-state index contributed by atoms with van der Waals surface area (Å²) in [6.07, 6.45) is 0.674. The fourth-order valence-electron chi connectivity index (χ4n) is 2.11. The summed E-state index contributed by atoms with van der Waals surface area (Å²) in [5.74, 6) is -0.0293. The summed E-state index contributed by atoms with van der Waals surface area (Å²) < 4.78 is 31.6. The van der Waals surface area contributed by atoms with Crippen molar-refractivity contribution in [3.8, 4) is 5.75 Å². The Morgan fingerprint density at radius 1 is 1.16 bits per heavy atom. The van der Waals surface area contributed by atoms with Crippen LogP contribution in [-0.2, 0) is 21.2 Å². The van der Waals surface area contributed by atoms with Gasteiger partial charge in [0.25, 0.3) is 0 Å². The number of sulfonamides is 1. The molecule has 25 heavy (non-hydrogen) atoms. The highest BCUT2D eigenvalue weighted by molar-refractivity contribution is 7.89. The lowest BCUT2D eigenvalue weighted by Gasteiger charge is -2.09. The summed E-state index contributed by atoms with van der Waals surface area (Å²) in [6, 6.07) is 13.8. The van der Waals surface area contributed by atoms with E-state index in [9.17, 15) is 13.2 Å². The molecule has 0 fully saturated rings.